The van der Waals surface area contributed by atoms with Gasteiger partial charge in [0.1, 0.15) is 0 Å². The molecule has 0 radical (unpaired) electrons. The SMILES string of the molecule is CC1CCN(C(N)=NCC2CCCC(F)(F)C2)CC1.I. The summed E-state index contributed by atoms with van der Waals surface area (Å²) in [6, 6.07) is 0. The van der Waals surface area contributed by atoms with Crippen molar-refractivity contribution in [3.05, 3.63) is 0 Å². The summed E-state index contributed by atoms with van der Waals surface area (Å²) in [6.45, 7) is 4.58. The Kier molecular flexibility index (Phi) is 6.94. The van der Waals surface area contributed by atoms with E-state index in [-0.39, 0.29) is 42.7 Å². The van der Waals surface area contributed by atoms with E-state index in [1.807, 2.05) is 0 Å². The average Bonchev–Trinajstić information content (AvgIpc) is 2.36. The fraction of sp³-hybridized carbons (Fsp3) is 0.929. The Bertz CT molecular complexity index is 328. The molecule has 1 unspecified atom stereocenters. The Labute approximate surface area is 137 Å². The highest BCUT2D eigenvalue weighted by Gasteiger charge is 2.36. The van der Waals surface area contributed by atoms with Gasteiger partial charge in [-0.1, -0.05) is 6.92 Å². The van der Waals surface area contributed by atoms with Crippen LogP contribution in [0.1, 0.15) is 45.4 Å². The van der Waals surface area contributed by atoms with Gasteiger partial charge in [-0.05, 0) is 37.5 Å². The molecule has 2 aliphatic rings. The number of nitrogens with zero attached hydrogens (tertiary/aromatic N) is 2. The lowest BCUT2D eigenvalue weighted by Gasteiger charge is -2.32. The Balaban J connectivity index is 0.00000200. The average molecular weight is 401 g/mol. The molecule has 1 aliphatic carbocycles. The zero-order valence-corrected chi connectivity index (χ0v) is 14.5. The number of nitrogens with two attached hydrogens (primary N) is 1. The van der Waals surface area contributed by atoms with Crippen LogP contribution in [0.2, 0.25) is 0 Å². The molecule has 3 nitrogen and oxygen atoms in total. The second-order valence-corrected chi connectivity index (χ2v) is 6.19. The van der Waals surface area contributed by atoms with Crippen molar-refractivity contribution in [1.82, 2.24) is 4.90 Å². The number of alkyl halides is 2. The third-order valence-electron chi connectivity index (χ3n) is 4.36. The summed E-state index contributed by atoms with van der Waals surface area (Å²) < 4.78 is 26.6. The fourth-order valence-corrected chi connectivity index (χ4v) is 2.99. The van der Waals surface area contributed by atoms with Gasteiger partial charge in [0, 0.05) is 32.5 Å². The van der Waals surface area contributed by atoms with E-state index in [2.05, 4.69) is 16.8 Å². The van der Waals surface area contributed by atoms with Crippen molar-refractivity contribution in [2.24, 2.45) is 22.6 Å². The van der Waals surface area contributed by atoms with Crippen molar-refractivity contribution in [2.75, 3.05) is 19.6 Å². The van der Waals surface area contributed by atoms with E-state index in [1.54, 1.807) is 0 Å². The summed E-state index contributed by atoms with van der Waals surface area (Å²) in [5.74, 6) is -1.21. The Hall–Kier alpha value is -0.140. The molecule has 0 aromatic rings. The summed E-state index contributed by atoms with van der Waals surface area (Å²) in [5, 5.41) is 0. The number of aliphatic imine (C=N–C) groups is 1. The molecule has 1 saturated carbocycles. The Morgan fingerprint density at radius 2 is 1.95 bits per heavy atom. The molecule has 0 aromatic carbocycles. The van der Waals surface area contributed by atoms with Gasteiger partial charge in [0.25, 0.3) is 0 Å². The maximum absolute atomic E-state index is 13.3. The number of halogens is 3. The highest BCUT2D eigenvalue weighted by Crippen LogP contribution is 2.36. The van der Waals surface area contributed by atoms with Crippen LogP contribution in [0.15, 0.2) is 4.99 Å². The van der Waals surface area contributed by atoms with E-state index < -0.39 is 5.92 Å². The molecule has 0 bridgehead atoms. The third kappa shape index (κ3) is 5.33. The first kappa shape index (κ1) is 17.9. The molecule has 2 rings (SSSR count). The topological polar surface area (TPSA) is 41.6 Å². The predicted octanol–water partition coefficient (Wildman–Crippen LogP) is 3.48. The van der Waals surface area contributed by atoms with Crippen molar-refractivity contribution in [1.29, 1.82) is 0 Å². The normalized spacial score (nSPS) is 28.1. The van der Waals surface area contributed by atoms with Crippen LogP contribution in [-0.2, 0) is 0 Å². The molecule has 1 heterocycles. The monoisotopic (exact) mass is 401 g/mol. The number of piperidine rings is 1. The lowest BCUT2D eigenvalue weighted by atomic mass is 9.86. The van der Waals surface area contributed by atoms with Gasteiger partial charge in [0.15, 0.2) is 5.96 Å². The van der Waals surface area contributed by atoms with Crippen molar-refractivity contribution in [3.63, 3.8) is 0 Å². The van der Waals surface area contributed by atoms with Gasteiger partial charge in [-0.2, -0.15) is 0 Å². The van der Waals surface area contributed by atoms with E-state index in [0.29, 0.717) is 18.9 Å². The van der Waals surface area contributed by atoms with E-state index in [1.165, 1.54) is 0 Å². The minimum atomic E-state index is -2.49. The van der Waals surface area contributed by atoms with Crippen molar-refractivity contribution < 1.29 is 8.78 Å². The molecule has 0 aromatic heterocycles. The molecule has 20 heavy (non-hydrogen) atoms. The van der Waals surface area contributed by atoms with Crippen LogP contribution in [0.25, 0.3) is 0 Å². The zero-order chi connectivity index (χ0) is 13.9. The summed E-state index contributed by atoms with van der Waals surface area (Å²) in [4.78, 5) is 6.43. The van der Waals surface area contributed by atoms with Gasteiger partial charge in [-0.3, -0.25) is 4.99 Å². The van der Waals surface area contributed by atoms with Gasteiger partial charge in [0.05, 0.1) is 0 Å². The van der Waals surface area contributed by atoms with Gasteiger partial charge in [0.2, 0.25) is 5.92 Å². The maximum atomic E-state index is 13.3. The summed E-state index contributed by atoms with van der Waals surface area (Å²) in [5.41, 5.74) is 5.97. The molecule has 1 atom stereocenters. The van der Waals surface area contributed by atoms with Crippen LogP contribution in [0, 0.1) is 11.8 Å². The smallest absolute Gasteiger partial charge is 0.248 e. The zero-order valence-electron chi connectivity index (χ0n) is 12.2. The molecule has 118 valence electrons. The highest BCUT2D eigenvalue weighted by atomic mass is 127. The van der Waals surface area contributed by atoms with Gasteiger partial charge in [-0.15, -0.1) is 24.0 Å². The highest BCUT2D eigenvalue weighted by molar-refractivity contribution is 14.0. The first-order valence-electron chi connectivity index (χ1n) is 7.39. The number of likely N-dealkylation sites (tertiary alicyclic amines) is 1. The largest absolute Gasteiger partial charge is 0.370 e. The van der Waals surface area contributed by atoms with E-state index in [4.69, 9.17) is 5.73 Å². The molecule has 0 amide bonds. The molecular formula is C14H26F2IN3. The number of hydrogen-bond acceptors (Lipinski definition) is 1. The minimum absolute atomic E-state index is 0. The first-order chi connectivity index (χ1) is 8.96. The molecule has 0 spiro atoms. The van der Waals surface area contributed by atoms with Crippen LogP contribution >= 0.6 is 24.0 Å². The second-order valence-electron chi connectivity index (χ2n) is 6.19. The Morgan fingerprint density at radius 3 is 2.55 bits per heavy atom. The quantitative estimate of drug-likeness (QED) is 0.438. The molecule has 1 aliphatic heterocycles. The predicted molar refractivity (Wildman–Crippen MR) is 88.8 cm³/mol. The number of hydrogen-bond donors (Lipinski definition) is 1. The number of rotatable bonds is 2. The maximum Gasteiger partial charge on any atom is 0.248 e. The fourth-order valence-electron chi connectivity index (χ4n) is 2.99. The van der Waals surface area contributed by atoms with E-state index in [0.717, 1.165) is 38.3 Å². The van der Waals surface area contributed by atoms with Gasteiger partial charge in [-0.25, -0.2) is 8.78 Å². The van der Waals surface area contributed by atoms with Gasteiger partial charge >= 0.3 is 0 Å². The molecule has 2 N–H and O–H groups in total. The summed E-state index contributed by atoms with van der Waals surface area (Å²) >= 11 is 0. The van der Waals surface area contributed by atoms with Crippen molar-refractivity contribution in [3.8, 4) is 0 Å². The van der Waals surface area contributed by atoms with Crippen LogP contribution in [-0.4, -0.2) is 36.4 Å². The first-order valence-corrected chi connectivity index (χ1v) is 7.39. The van der Waals surface area contributed by atoms with Gasteiger partial charge < -0.3 is 10.6 Å². The summed E-state index contributed by atoms with van der Waals surface area (Å²) in [6.07, 6.45) is 3.74. The second kappa shape index (κ2) is 7.75. The van der Waals surface area contributed by atoms with Crippen LogP contribution < -0.4 is 5.73 Å². The van der Waals surface area contributed by atoms with Crippen molar-refractivity contribution in [2.45, 2.75) is 51.4 Å². The van der Waals surface area contributed by atoms with E-state index >= 15 is 0 Å². The standard InChI is InChI=1S/C14H25F2N3.HI/c1-11-4-7-19(8-5-11)13(17)18-10-12-3-2-6-14(15,16)9-12;/h11-12H,2-10H2,1H3,(H2,17,18);1H. The molecule has 2 fully saturated rings. The van der Waals surface area contributed by atoms with Crippen molar-refractivity contribution >= 4 is 29.9 Å². The van der Waals surface area contributed by atoms with Crippen LogP contribution in [0.4, 0.5) is 8.78 Å². The molecule has 1 saturated heterocycles. The number of guanidine groups is 1. The molecular weight excluding hydrogens is 375 g/mol. The van der Waals surface area contributed by atoms with Crippen LogP contribution in [0.3, 0.4) is 0 Å². The van der Waals surface area contributed by atoms with E-state index in [9.17, 15) is 8.78 Å². The van der Waals surface area contributed by atoms with Crippen LogP contribution in [0.5, 0.6) is 0 Å². The minimum Gasteiger partial charge on any atom is -0.370 e. The lowest BCUT2D eigenvalue weighted by molar-refractivity contribution is -0.0508. The molecule has 6 heteroatoms. The lowest BCUT2D eigenvalue weighted by Crippen LogP contribution is -2.42. The Morgan fingerprint density at radius 1 is 1.30 bits per heavy atom. The third-order valence-corrected chi connectivity index (χ3v) is 4.36. The summed E-state index contributed by atoms with van der Waals surface area (Å²) in [7, 11) is 0.